The number of nitrogens with zero attached hydrogens (tertiary/aromatic N) is 1. The first-order valence-electron chi connectivity index (χ1n) is 5.43. The Labute approximate surface area is 117 Å². The molecule has 2 rings (SSSR count). The van der Waals surface area contributed by atoms with Crippen LogP contribution in [0.15, 0.2) is 34.8 Å². The lowest BCUT2D eigenvalue weighted by molar-refractivity contribution is 0.621. The molecule has 0 bridgehead atoms. The maximum absolute atomic E-state index is 13.5. The molecule has 0 atom stereocenters. The molecule has 2 nitrogen and oxygen atoms in total. The van der Waals surface area contributed by atoms with Gasteiger partial charge >= 0.3 is 0 Å². The summed E-state index contributed by atoms with van der Waals surface area (Å²) in [5.74, 6) is -0.894. The predicted molar refractivity (Wildman–Crippen MR) is 73.2 cm³/mol. The van der Waals surface area contributed by atoms with Gasteiger partial charge in [-0.3, -0.25) is 0 Å². The molecule has 0 unspecified atom stereocenters. The molecule has 0 spiro atoms. The van der Waals surface area contributed by atoms with Gasteiger partial charge in [-0.2, -0.15) is 5.26 Å². The van der Waals surface area contributed by atoms with Crippen molar-refractivity contribution in [2.75, 3.05) is 5.32 Å². The fraction of sp³-hybridized carbons (Fsp3) is 0.0714. The van der Waals surface area contributed by atoms with E-state index in [0.29, 0.717) is 15.8 Å². The third-order valence-electron chi connectivity index (χ3n) is 2.64. The Hall–Kier alpha value is -1.93. The van der Waals surface area contributed by atoms with Crippen molar-refractivity contribution in [1.29, 1.82) is 5.26 Å². The van der Waals surface area contributed by atoms with Gasteiger partial charge in [-0.15, -0.1) is 0 Å². The molecule has 0 radical (unpaired) electrons. The summed E-state index contributed by atoms with van der Waals surface area (Å²) in [6, 6.07) is 8.68. The molecule has 2 aromatic rings. The second-order valence-electron chi connectivity index (χ2n) is 4.01. The standard InChI is InChI=1S/C14H9BrF2N2/c1-8-4-11(15)12(17)6-14(8)19-13-3-2-10(16)5-9(13)7-18/h2-6,19H,1H3. The highest BCUT2D eigenvalue weighted by atomic mass is 79.9. The van der Waals surface area contributed by atoms with E-state index in [4.69, 9.17) is 5.26 Å². The molecule has 96 valence electrons. The van der Waals surface area contributed by atoms with Gasteiger partial charge in [-0.1, -0.05) is 0 Å². The Morgan fingerprint density at radius 2 is 1.89 bits per heavy atom. The van der Waals surface area contributed by atoms with E-state index in [0.717, 1.165) is 11.6 Å². The lowest BCUT2D eigenvalue weighted by atomic mass is 10.1. The highest BCUT2D eigenvalue weighted by molar-refractivity contribution is 9.10. The summed E-state index contributed by atoms with van der Waals surface area (Å²) >= 11 is 3.10. The van der Waals surface area contributed by atoms with Gasteiger partial charge in [0.2, 0.25) is 0 Å². The average Bonchev–Trinajstić information content (AvgIpc) is 2.37. The number of aryl methyl sites for hydroxylation is 1. The third kappa shape index (κ3) is 2.91. The molecule has 2 aromatic carbocycles. The van der Waals surface area contributed by atoms with Gasteiger partial charge in [0.1, 0.15) is 17.7 Å². The van der Waals surface area contributed by atoms with Crippen molar-refractivity contribution in [3.05, 3.63) is 57.6 Å². The summed E-state index contributed by atoms with van der Waals surface area (Å²) in [6.07, 6.45) is 0. The van der Waals surface area contributed by atoms with Crippen molar-refractivity contribution in [3.63, 3.8) is 0 Å². The van der Waals surface area contributed by atoms with Crippen LogP contribution in [0.2, 0.25) is 0 Å². The zero-order valence-corrected chi connectivity index (χ0v) is 11.6. The molecule has 0 aliphatic heterocycles. The van der Waals surface area contributed by atoms with E-state index in [1.165, 1.54) is 18.2 Å². The van der Waals surface area contributed by atoms with Gasteiger partial charge in [0.25, 0.3) is 0 Å². The highest BCUT2D eigenvalue weighted by Gasteiger charge is 2.08. The molecule has 0 aliphatic rings. The number of halogens is 3. The minimum Gasteiger partial charge on any atom is -0.354 e. The minimum absolute atomic E-state index is 0.169. The molecule has 0 saturated carbocycles. The van der Waals surface area contributed by atoms with E-state index in [-0.39, 0.29) is 5.56 Å². The summed E-state index contributed by atoms with van der Waals surface area (Å²) in [5, 5.41) is 11.9. The fourth-order valence-corrected chi connectivity index (χ4v) is 2.10. The zero-order valence-electron chi connectivity index (χ0n) is 9.97. The van der Waals surface area contributed by atoms with Crippen molar-refractivity contribution in [3.8, 4) is 6.07 Å². The first-order chi connectivity index (χ1) is 9.01. The normalized spacial score (nSPS) is 10.1. The molecule has 0 fully saturated rings. The van der Waals surface area contributed by atoms with E-state index in [2.05, 4.69) is 21.2 Å². The minimum atomic E-state index is -0.485. The van der Waals surface area contributed by atoms with Crippen molar-refractivity contribution in [2.24, 2.45) is 0 Å². The Morgan fingerprint density at radius 1 is 1.16 bits per heavy atom. The number of rotatable bonds is 2. The molecule has 5 heteroatoms. The average molecular weight is 323 g/mol. The molecule has 0 saturated heterocycles. The summed E-state index contributed by atoms with van der Waals surface area (Å²) in [5.41, 5.74) is 1.95. The van der Waals surface area contributed by atoms with Crippen LogP contribution >= 0.6 is 15.9 Å². The maximum Gasteiger partial charge on any atom is 0.139 e. The van der Waals surface area contributed by atoms with Crippen LogP contribution in [-0.2, 0) is 0 Å². The number of anilines is 2. The Balaban J connectivity index is 2.42. The van der Waals surface area contributed by atoms with Crippen LogP contribution in [0.5, 0.6) is 0 Å². The third-order valence-corrected chi connectivity index (χ3v) is 3.25. The van der Waals surface area contributed by atoms with Crippen molar-refractivity contribution in [2.45, 2.75) is 6.92 Å². The largest absolute Gasteiger partial charge is 0.354 e. The van der Waals surface area contributed by atoms with Crippen LogP contribution in [0.4, 0.5) is 20.2 Å². The summed E-state index contributed by atoms with van der Waals surface area (Å²) in [4.78, 5) is 0. The van der Waals surface area contributed by atoms with Crippen LogP contribution < -0.4 is 5.32 Å². The number of benzene rings is 2. The monoisotopic (exact) mass is 322 g/mol. The van der Waals surface area contributed by atoms with Crippen molar-refractivity contribution in [1.82, 2.24) is 0 Å². The van der Waals surface area contributed by atoms with Crippen LogP contribution in [0.25, 0.3) is 0 Å². The Bertz CT molecular complexity index is 678. The lowest BCUT2D eigenvalue weighted by Gasteiger charge is -2.12. The second-order valence-corrected chi connectivity index (χ2v) is 4.86. The fourth-order valence-electron chi connectivity index (χ4n) is 1.64. The molecule has 0 aromatic heterocycles. The van der Waals surface area contributed by atoms with Crippen LogP contribution in [0, 0.1) is 29.9 Å². The Morgan fingerprint density at radius 3 is 2.58 bits per heavy atom. The first-order valence-corrected chi connectivity index (χ1v) is 6.23. The number of hydrogen-bond acceptors (Lipinski definition) is 2. The maximum atomic E-state index is 13.5. The van der Waals surface area contributed by atoms with Crippen LogP contribution in [0.3, 0.4) is 0 Å². The quantitative estimate of drug-likeness (QED) is 0.873. The molecule has 0 aliphatic carbocycles. The van der Waals surface area contributed by atoms with E-state index >= 15 is 0 Å². The number of nitriles is 1. The van der Waals surface area contributed by atoms with Crippen molar-refractivity contribution < 1.29 is 8.78 Å². The van der Waals surface area contributed by atoms with E-state index in [1.807, 2.05) is 13.0 Å². The molecular weight excluding hydrogens is 314 g/mol. The van der Waals surface area contributed by atoms with Crippen LogP contribution in [-0.4, -0.2) is 0 Å². The molecule has 19 heavy (non-hydrogen) atoms. The Kier molecular flexibility index (Phi) is 3.82. The van der Waals surface area contributed by atoms with Gasteiger partial charge < -0.3 is 5.32 Å². The molecular formula is C14H9BrF2N2. The summed E-state index contributed by atoms with van der Waals surface area (Å²) < 4.78 is 26.9. The molecule has 0 heterocycles. The zero-order chi connectivity index (χ0) is 14.0. The van der Waals surface area contributed by atoms with Gasteiger partial charge in [0.15, 0.2) is 0 Å². The lowest BCUT2D eigenvalue weighted by Crippen LogP contribution is -1.97. The first kappa shape index (κ1) is 13.5. The van der Waals surface area contributed by atoms with E-state index in [9.17, 15) is 8.78 Å². The summed E-state index contributed by atoms with van der Waals surface area (Å²) in [7, 11) is 0. The smallest absolute Gasteiger partial charge is 0.139 e. The van der Waals surface area contributed by atoms with Gasteiger partial charge in [0.05, 0.1) is 15.7 Å². The van der Waals surface area contributed by atoms with Gasteiger partial charge in [0, 0.05) is 5.69 Å². The molecule has 1 N–H and O–H groups in total. The van der Waals surface area contributed by atoms with Crippen LogP contribution in [0.1, 0.15) is 11.1 Å². The van der Waals surface area contributed by atoms with Gasteiger partial charge in [-0.25, -0.2) is 8.78 Å². The molecule has 0 amide bonds. The predicted octanol–water partition coefficient (Wildman–Crippen LogP) is 4.65. The second kappa shape index (κ2) is 5.37. The van der Waals surface area contributed by atoms with Crippen molar-refractivity contribution >= 4 is 27.3 Å². The highest BCUT2D eigenvalue weighted by Crippen LogP contribution is 2.28. The number of nitrogens with one attached hydrogen (secondary N) is 1. The van der Waals surface area contributed by atoms with Gasteiger partial charge in [-0.05, 0) is 58.7 Å². The summed E-state index contributed by atoms with van der Waals surface area (Å²) in [6.45, 7) is 1.81. The SMILES string of the molecule is Cc1cc(Br)c(F)cc1Nc1ccc(F)cc1C#N. The van der Waals surface area contributed by atoms with E-state index < -0.39 is 11.6 Å². The number of hydrogen-bond donors (Lipinski definition) is 1. The van der Waals surface area contributed by atoms with E-state index in [1.54, 1.807) is 6.07 Å². The topological polar surface area (TPSA) is 35.8 Å².